The molecule has 1 aliphatic carbocycles. The molecule has 1 aliphatic heterocycles. The summed E-state index contributed by atoms with van der Waals surface area (Å²) in [4.78, 5) is 2.27. The van der Waals surface area contributed by atoms with Crippen molar-refractivity contribution in [1.82, 2.24) is 14.7 Å². The minimum atomic E-state index is -2.91. The highest BCUT2D eigenvalue weighted by atomic mass is 32.2. The molecule has 4 rings (SSSR count). The topological polar surface area (TPSA) is 55.2 Å². The molecule has 1 unspecified atom stereocenters. The lowest BCUT2D eigenvalue weighted by Crippen LogP contribution is -2.29. The van der Waals surface area contributed by atoms with E-state index in [4.69, 9.17) is 5.10 Å². The molecule has 0 saturated carbocycles. The largest absolute Gasteiger partial charge is 0.296 e. The van der Waals surface area contributed by atoms with Crippen molar-refractivity contribution >= 4 is 9.84 Å². The number of hydrogen-bond donors (Lipinski definition) is 0. The first-order chi connectivity index (χ1) is 12.0. The van der Waals surface area contributed by atoms with Crippen molar-refractivity contribution in [1.29, 1.82) is 0 Å². The first kappa shape index (κ1) is 16.8. The molecule has 0 N–H and O–H groups in total. The van der Waals surface area contributed by atoms with E-state index in [1.807, 2.05) is 25.1 Å². The molecule has 134 valence electrons. The first-order valence-corrected chi connectivity index (χ1v) is 10.9. The highest BCUT2D eigenvalue weighted by Gasteiger charge is 2.28. The molecule has 1 fully saturated rings. The fourth-order valence-corrected chi connectivity index (χ4v) is 5.82. The Morgan fingerprint density at radius 3 is 2.80 bits per heavy atom. The van der Waals surface area contributed by atoms with Gasteiger partial charge in [-0.25, -0.2) is 13.1 Å². The van der Waals surface area contributed by atoms with Crippen LogP contribution < -0.4 is 0 Å². The number of para-hydroxylation sites is 1. The molecule has 5 nitrogen and oxygen atoms in total. The maximum absolute atomic E-state index is 12.0. The van der Waals surface area contributed by atoms with Crippen LogP contribution in [0.25, 0.3) is 5.69 Å². The minimum absolute atomic E-state index is 0.178. The molecule has 2 heterocycles. The Labute approximate surface area is 149 Å². The van der Waals surface area contributed by atoms with E-state index in [1.54, 1.807) is 0 Å². The summed E-state index contributed by atoms with van der Waals surface area (Å²) in [7, 11) is -2.91. The summed E-state index contributed by atoms with van der Waals surface area (Å²) >= 11 is 0. The van der Waals surface area contributed by atoms with Gasteiger partial charge in [-0.05, 0) is 42.9 Å². The van der Waals surface area contributed by atoms with Crippen LogP contribution in [0.3, 0.4) is 0 Å². The molecule has 1 atom stereocenters. The van der Waals surface area contributed by atoms with E-state index in [0.29, 0.717) is 12.3 Å². The van der Waals surface area contributed by atoms with Gasteiger partial charge in [-0.3, -0.25) is 4.90 Å². The molecule has 2 aliphatic rings. The van der Waals surface area contributed by atoms with Crippen molar-refractivity contribution in [2.45, 2.75) is 32.7 Å². The van der Waals surface area contributed by atoms with Gasteiger partial charge in [0.05, 0.1) is 22.9 Å². The number of rotatable bonds is 3. The monoisotopic (exact) mass is 359 g/mol. The van der Waals surface area contributed by atoms with Crippen LogP contribution in [0.2, 0.25) is 0 Å². The molecule has 25 heavy (non-hydrogen) atoms. The Balaban J connectivity index is 1.61. The van der Waals surface area contributed by atoms with Gasteiger partial charge >= 0.3 is 0 Å². The van der Waals surface area contributed by atoms with Crippen molar-refractivity contribution in [3.05, 3.63) is 47.3 Å². The Hall–Kier alpha value is -1.66. The predicted molar refractivity (Wildman–Crippen MR) is 98.7 cm³/mol. The summed E-state index contributed by atoms with van der Waals surface area (Å²) in [5, 5.41) is 4.91. The molecule has 0 radical (unpaired) electrons. The highest BCUT2D eigenvalue weighted by molar-refractivity contribution is 7.91. The van der Waals surface area contributed by atoms with Crippen molar-refractivity contribution in [2.75, 3.05) is 24.6 Å². The highest BCUT2D eigenvalue weighted by Crippen LogP contribution is 2.29. The summed E-state index contributed by atoms with van der Waals surface area (Å²) in [5.74, 6) is 0.746. The molecule has 0 spiro atoms. The van der Waals surface area contributed by atoms with Gasteiger partial charge in [0.25, 0.3) is 0 Å². The Kier molecular flexibility index (Phi) is 4.41. The number of aromatic nitrogens is 2. The molecule has 0 amide bonds. The van der Waals surface area contributed by atoms with Crippen molar-refractivity contribution in [2.24, 2.45) is 5.92 Å². The molecule has 1 saturated heterocycles. The van der Waals surface area contributed by atoms with Gasteiger partial charge in [-0.15, -0.1) is 0 Å². The van der Waals surface area contributed by atoms with Crippen LogP contribution >= 0.6 is 0 Å². The second-order valence-electron chi connectivity index (χ2n) is 7.43. The Bertz CT molecular complexity index is 858. The zero-order chi connectivity index (χ0) is 17.4. The molecule has 1 aromatic heterocycles. The molecule has 6 heteroatoms. The molecular weight excluding hydrogens is 334 g/mol. The molecular formula is C19H25N3O2S. The lowest BCUT2D eigenvalue weighted by Gasteiger charge is -2.21. The van der Waals surface area contributed by atoms with E-state index >= 15 is 0 Å². The molecule has 2 aromatic rings. The van der Waals surface area contributed by atoms with E-state index in [1.165, 1.54) is 17.7 Å². The zero-order valence-corrected chi connectivity index (χ0v) is 15.5. The second kappa shape index (κ2) is 6.57. The third-order valence-corrected chi connectivity index (χ3v) is 7.10. The van der Waals surface area contributed by atoms with Gasteiger partial charge in [-0.2, -0.15) is 5.10 Å². The first-order valence-electron chi connectivity index (χ1n) is 9.10. The lowest BCUT2D eigenvalue weighted by atomic mass is 10.1. The summed E-state index contributed by atoms with van der Waals surface area (Å²) in [6.07, 6.45) is 3.33. The SMILES string of the molecule is CC1CN(Cc2nn(-c3ccccc3)c3c2CCC3)CCS(=O)(=O)C1. The molecule has 0 bridgehead atoms. The van der Waals surface area contributed by atoms with Crippen molar-refractivity contribution < 1.29 is 8.42 Å². The van der Waals surface area contributed by atoms with Gasteiger partial charge in [0.15, 0.2) is 9.84 Å². The van der Waals surface area contributed by atoms with E-state index in [0.717, 1.165) is 37.3 Å². The van der Waals surface area contributed by atoms with Gasteiger partial charge in [0, 0.05) is 25.3 Å². The maximum atomic E-state index is 12.0. The number of sulfone groups is 1. The van der Waals surface area contributed by atoms with Crippen LogP contribution in [0, 0.1) is 5.92 Å². The number of nitrogens with zero attached hydrogens (tertiary/aromatic N) is 3. The average molecular weight is 359 g/mol. The van der Waals surface area contributed by atoms with E-state index in [-0.39, 0.29) is 11.7 Å². The van der Waals surface area contributed by atoms with Crippen LogP contribution in [0.5, 0.6) is 0 Å². The zero-order valence-electron chi connectivity index (χ0n) is 14.7. The Morgan fingerprint density at radius 1 is 1.20 bits per heavy atom. The normalized spacial score (nSPS) is 23.3. The number of fused-ring (bicyclic) bond motifs is 1. The standard InChI is InChI=1S/C19H25N3O2S/c1-15-12-21(10-11-25(23,24)14-15)13-18-17-8-5-9-19(17)22(20-18)16-6-3-2-4-7-16/h2-4,6-7,15H,5,8-14H2,1H3. The van der Waals surface area contributed by atoms with Crippen LogP contribution in [0.4, 0.5) is 0 Å². The van der Waals surface area contributed by atoms with Gasteiger partial charge in [-0.1, -0.05) is 25.1 Å². The summed E-state index contributed by atoms with van der Waals surface area (Å²) in [6, 6.07) is 10.3. The predicted octanol–water partition coefficient (Wildman–Crippen LogP) is 2.23. The second-order valence-corrected chi connectivity index (χ2v) is 9.66. The van der Waals surface area contributed by atoms with Crippen LogP contribution in [0.15, 0.2) is 30.3 Å². The summed E-state index contributed by atoms with van der Waals surface area (Å²) in [5.41, 5.74) is 4.95. The third-order valence-electron chi connectivity index (χ3n) is 5.21. The van der Waals surface area contributed by atoms with Crippen molar-refractivity contribution in [3.63, 3.8) is 0 Å². The van der Waals surface area contributed by atoms with Crippen molar-refractivity contribution in [3.8, 4) is 5.69 Å². The lowest BCUT2D eigenvalue weighted by molar-refractivity contribution is 0.253. The van der Waals surface area contributed by atoms with Gasteiger partial charge < -0.3 is 0 Å². The van der Waals surface area contributed by atoms with Crippen LogP contribution in [-0.2, 0) is 29.2 Å². The van der Waals surface area contributed by atoms with E-state index in [9.17, 15) is 8.42 Å². The summed E-state index contributed by atoms with van der Waals surface area (Å²) in [6.45, 7) is 4.22. The average Bonchev–Trinajstić information content (AvgIpc) is 3.13. The van der Waals surface area contributed by atoms with Crippen LogP contribution in [0.1, 0.15) is 30.3 Å². The maximum Gasteiger partial charge on any atom is 0.151 e. The number of hydrogen-bond acceptors (Lipinski definition) is 4. The fourth-order valence-electron chi connectivity index (χ4n) is 4.15. The summed E-state index contributed by atoms with van der Waals surface area (Å²) < 4.78 is 26.1. The third kappa shape index (κ3) is 3.51. The Morgan fingerprint density at radius 2 is 2.00 bits per heavy atom. The van der Waals surface area contributed by atoms with Crippen LogP contribution in [-0.4, -0.2) is 47.7 Å². The van der Waals surface area contributed by atoms with E-state index < -0.39 is 9.84 Å². The van der Waals surface area contributed by atoms with E-state index in [2.05, 4.69) is 21.7 Å². The quantitative estimate of drug-likeness (QED) is 0.843. The van der Waals surface area contributed by atoms with Gasteiger partial charge in [0.1, 0.15) is 0 Å². The minimum Gasteiger partial charge on any atom is -0.296 e. The fraction of sp³-hybridized carbons (Fsp3) is 0.526. The molecule has 1 aromatic carbocycles. The smallest absolute Gasteiger partial charge is 0.151 e. The van der Waals surface area contributed by atoms with Gasteiger partial charge in [0.2, 0.25) is 0 Å². The number of benzene rings is 1.